The van der Waals surface area contributed by atoms with Crippen LogP contribution in [0.4, 0.5) is 0 Å². The summed E-state index contributed by atoms with van der Waals surface area (Å²) < 4.78 is 1.82. The van der Waals surface area contributed by atoms with Crippen molar-refractivity contribution in [2.75, 3.05) is 13.1 Å². The minimum Gasteiger partial charge on any atom is -0.393 e. The number of rotatable bonds is 3. The van der Waals surface area contributed by atoms with E-state index in [-0.39, 0.29) is 12.0 Å². The van der Waals surface area contributed by atoms with E-state index < -0.39 is 0 Å². The number of hydrogen-bond acceptors (Lipinski definition) is 4. The fraction of sp³-hybridized carbons (Fsp3) is 0.350. The van der Waals surface area contributed by atoms with E-state index in [1.54, 1.807) is 6.20 Å². The van der Waals surface area contributed by atoms with Gasteiger partial charge in [-0.1, -0.05) is 30.3 Å². The Morgan fingerprint density at radius 3 is 2.65 bits per heavy atom. The lowest BCUT2D eigenvalue weighted by atomic mass is 10.0. The zero-order chi connectivity index (χ0) is 18.1. The Kier molecular flexibility index (Phi) is 4.42. The zero-order valence-electron chi connectivity index (χ0n) is 14.8. The molecule has 0 atom stereocenters. The number of hydrogen-bond donors (Lipinski definition) is 1. The van der Waals surface area contributed by atoms with Gasteiger partial charge in [0.1, 0.15) is 0 Å². The first kappa shape index (κ1) is 16.7. The molecule has 6 nitrogen and oxygen atoms in total. The van der Waals surface area contributed by atoms with Crippen molar-refractivity contribution < 1.29 is 9.90 Å². The van der Waals surface area contributed by atoms with Gasteiger partial charge in [0.2, 0.25) is 0 Å². The maximum absolute atomic E-state index is 13.2. The van der Waals surface area contributed by atoms with E-state index in [0.717, 1.165) is 22.3 Å². The quantitative estimate of drug-likeness (QED) is 0.788. The molecule has 2 aromatic heterocycles. The van der Waals surface area contributed by atoms with Gasteiger partial charge in [-0.25, -0.2) is 9.67 Å². The van der Waals surface area contributed by atoms with Gasteiger partial charge in [-0.05, 0) is 25.8 Å². The third-order valence-electron chi connectivity index (χ3n) is 4.96. The Balaban J connectivity index is 1.82. The SMILES string of the molecule is CCn1ncc2c(C(=O)N3CCC(O)CC3)cc(-c3ccccc3)nc21. The van der Waals surface area contributed by atoms with E-state index in [1.807, 2.05) is 52.9 Å². The second-order valence-corrected chi connectivity index (χ2v) is 6.64. The molecule has 3 heterocycles. The number of carbonyl (C=O) groups is 1. The number of carbonyl (C=O) groups excluding carboxylic acids is 1. The van der Waals surface area contributed by atoms with E-state index >= 15 is 0 Å². The van der Waals surface area contributed by atoms with Crippen LogP contribution in [0.5, 0.6) is 0 Å². The zero-order valence-corrected chi connectivity index (χ0v) is 14.8. The molecule has 1 N–H and O–H groups in total. The average Bonchev–Trinajstić information content (AvgIpc) is 3.11. The molecule has 0 bridgehead atoms. The van der Waals surface area contributed by atoms with Crippen LogP contribution in [0, 0.1) is 0 Å². The predicted octanol–water partition coefficient (Wildman–Crippen LogP) is 2.72. The normalized spacial score (nSPS) is 15.5. The molecule has 1 aliphatic rings. The van der Waals surface area contributed by atoms with Gasteiger partial charge < -0.3 is 10.0 Å². The fourth-order valence-electron chi connectivity index (χ4n) is 3.45. The van der Waals surface area contributed by atoms with E-state index in [2.05, 4.69) is 5.10 Å². The number of pyridine rings is 1. The van der Waals surface area contributed by atoms with Crippen LogP contribution in [0.3, 0.4) is 0 Å². The van der Waals surface area contributed by atoms with Crippen molar-refractivity contribution in [1.29, 1.82) is 0 Å². The monoisotopic (exact) mass is 350 g/mol. The summed E-state index contributed by atoms with van der Waals surface area (Å²) in [6.45, 7) is 3.86. The Morgan fingerprint density at radius 1 is 1.23 bits per heavy atom. The summed E-state index contributed by atoms with van der Waals surface area (Å²) in [5.41, 5.74) is 3.11. The molecule has 1 aliphatic heterocycles. The van der Waals surface area contributed by atoms with Crippen LogP contribution >= 0.6 is 0 Å². The lowest BCUT2D eigenvalue weighted by Gasteiger charge is -2.29. The van der Waals surface area contributed by atoms with Gasteiger partial charge in [0.05, 0.1) is 28.9 Å². The molecule has 4 rings (SSSR count). The van der Waals surface area contributed by atoms with Crippen molar-refractivity contribution in [3.8, 4) is 11.3 Å². The molecule has 134 valence electrons. The number of aryl methyl sites for hydroxylation is 1. The molecule has 1 amide bonds. The van der Waals surface area contributed by atoms with Crippen LogP contribution in [0.2, 0.25) is 0 Å². The number of aromatic nitrogens is 3. The number of fused-ring (bicyclic) bond motifs is 1. The van der Waals surface area contributed by atoms with E-state index in [0.29, 0.717) is 38.0 Å². The Morgan fingerprint density at radius 2 is 1.96 bits per heavy atom. The maximum atomic E-state index is 13.2. The lowest BCUT2D eigenvalue weighted by molar-refractivity contribution is 0.0548. The predicted molar refractivity (Wildman–Crippen MR) is 99.8 cm³/mol. The third kappa shape index (κ3) is 2.97. The molecule has 1 saturated heterocycles. The van der Waals surface area contributed by atoms with Crippen LogP contribution in [0.15, 0.2) is 42.6 Å². The van der Waals surface area contributed by atoms with Crippen LogP contribution < -0.4 is 0 Å². The van der Waals surface area contributed by atoms with Crippen molar-refractivity contribution in [2.24, 2.45) is 0 Å². The second-order valence-electron chi connectivity index (χ2n) is 6.64. The average molecular weight is 350 g/mol. The van der Waals surface area contributed by atoms with Crippen LogP contribution in [-0.4, -0.2) is 49.9 Å². The minimum atomic E-state index is -0.306. The molecule has 3 aromatic rings. The molecular weight excluding hydrogens is 328 g/mol. The first-order valence-electron chi connectivity index (χ1n) is 9.06. The number of aliphatic hydroxyl groups excluding tert-OH is 1. The van der Waals surface area contributed by atoms with Crippen LogP contribution in [0.1, 0.15) is 30.1 Å². The largest absolute Gasteiger partial charge is 0.393 e. The second kappa shape index (κ2) is 6.88. The third-order valence-corrected chi connectivity index (χ3v) is 4.96. The number of piperidine rings is 1. The Labute approximate surface area is 152 Å². The lowest BCUT2D eigenvalue weighted by Crippen LogP contribution is -2.40. The van der Waals surface area contributed by atoms with Gasteiger partial charge in [-0.15, -0.1) is 0 Å². The fourth-order valence-corrected chi connectivity index (χ4v) is 3.45. The number of benzene rings is 1. The molecule has 0 radical (unpaired) electrons. The molecule has 1 aromatic carbocycles. The van der Waals surface area contributed by atoms with E-state index in [9.17, 15) is 9.90 Å². The topological polar surface area (TPSA) is 71.2 Å². The van der Waals surface area contributed by atoms with Gasteiger partial charge in [-0.2, -0.15) is 5.10 Å². The molecule has 1 fully saturated rings. The van der Waals surface area contributed by atoms with Gasteiger partial charge in [0.15, 0.2) is 5.65 Å². The molecule has 0 saturated carbocycles. The number of aliphatic hydroxyl groups is 1. The van der Waals surface area contributed by atoms with Crippen LogP contribution in [0.25, 0.3) is 22.3 Å². The molecule has 0 spiro atoms. The molecular formula is C20H22N4O2. The summed E-state index contributed by atoms with van der Waals surface area (Å²) >= 11 is 0. The first-order valence-corrected chi connectivity index (χ1v) is 9.06. The highest BCUT2D eigenvalue weighted by molar-refractivity contribution is 6.06. The highest BCUT2D eigenvalue weighted by atomic mass is 16.3. The first-order chi connectivity index (χ1) is 12.7. The highest BCUT2D eigenvalue weighted by Crippen LogP contribution is 2.26. The standard InChI is InChI=1S/C20H22N4O2/c1-2-24-19-17(13-21-24)16(20(26)23-10-8-15(25)9-11-23)12-18(22-19)14-6-4-3-5-7-14/h3-7,12-13,15,25H,2,8-11H2,1H3. The van der Waals surface area contributed by atoms with Gasteiger partial charge in [-0.3, -0.25) is 4.79 Å². The van der Waals surface area contributed by atoms with Crippen molar-refractivity contribution in [3.63, 3.8) is 0 Å². The summed E-state index contributed by atoms with van der Waals surface area (Å²) in [4.78, 5) is 19.8. The van der Waals surface area contributed by atoms with Crippen molar-refractivity contribution in [3.05, 3.63) is 48.2 Å². The molecule has 26 heavy (non-hydrogen) atoms. The molecule has 0 unspecified atom stereocenters. The van der Waals surface area contributed by atoms with Crippen molar-refractivity contribution in [2.45, 2.75) is 32.4 Å². The van der Waals surface area contributed by atoms with E-state index in [1.165, 1.54) is 0 Å². The molecule has 0 aliphatic carbocycles. The summed E-state index contributed by atoms with van der Waals surface area (Å²) in [5.74, 6) is -0.0165. The summed E-state index contributed by atoms with van der Waals surface area (Å²) in [7, 11) is 0. The van der Waals surface area contributed by atoms with Crippen LogP contribution in [-0.2, 0) is 6.54 Å². The van der Waals surface area contributed by atoms with Gasteiger partial charge in [0, 0.05) is 25.2 Å². The van der Waals surface area contributed by atoms with Gasteiger partial charge in [0.25, 0.3) is 5.91 Å². The number of likely N-dealkylation sites (tertiary alicyclic amines) is 1. The van der Waals surface area contributed by atoms with E-state index in [4.69, 9.17) is 4.98 Å². The maximum Gasteiger partial charge on any atom is 0.254 e. The number of amides is 1. The Hall–Kier alpha value is -2.73. The summed E-state index contributed by atoms with van der Waals surface area (Å²) in [6, 6.07) is 11.7. The number of nitrogens with zero attached hydrogens (tertiary/aromatic N) is 4. The Bertz CT molecular complexity index is 928. The van der Waals surface area contributed by atoms with Gasteiger partial charge >= 0.3 is 0 Å². The van der Waals surface area contributed by atoms with Crippen molar-refractivity contribution >= 4 is 16.9 Å². The molecule has 6 heteroatoms. The minimum absolute atomic E-state index is 0.0165. The van der Waals surface area contributed by atoms with Crippen molar-refractivity contribution in [1.82, 2.24) is 19.7 Å². The highest BCUT2D eigenvalue weighted by Gasteiger charge is 2.25. The summed E-state index contributed by atoms with van der Waals surface area (Å²) in [6.07, 6.45) is 2.67. The smallest absolute Gasteiger partial charge is 0.254 e. The summed E-state index contributed by atoms with van der Waals surface area (Å²) in [5, 5.41) is 14.9.